The van der Waals surface area contributed by atoms with Gasteiger partial charge >= 0.3 is 0 Å². The number of nitrogens with zero attached hydrogens (tertiary/aromatic N) is 1. The molecule has 2 unspecified atom stereocenters. The van der Waals surface area contributed by atoms with Gasteiger partial charge in [-0.25, -0.2) is 0 Å². The minimum absolute atomic E-state index is 0.643. The molecule has 1 aliphatic heterocycles. The summed E-state index contributed by atoms with van der Waals surface area (Å²) in [7, 11) is 1.78. The second-order valence-corrected chi connectivity index (χ2v) is 4.81. The van der Waals surface area contributed by atoms with Gasteiger partial charge in [0.05, 0.1) is 6.61 Å². The number of hydrogen-bond acceptors (Lipinski definition) is 3. The molecular formula is C12H26N2O. The van der Waals surface area contributed by atoms with Crippen LogP contribution in [0, 0.1) is 5.92 Å². The van der Waals surface area contributed by atoms with E-state index in [2.05, 4.69) is 31.0 Å². The molecular weight excluding hydrogens is 188 g/mol. The molecule has 0 spiro atoms. The van der Waals surface area contributed by atoms with Crippen molar-refractivity contribution in [2.24, 2.45) is 5.92 Å². The molecule has 1 saturated heterocycles. The molecule has 1 N–H and O–H groups in total. The van der Waals surface area contributed by atoms with E-state index < -0.39 is 0 Å². The Morgan fingerprint density at radius 1 is 1.47 bits per heavy atom. The van der Waals surface area contributed by atoms with E-state index in [1.165, 1.54) is 13.0 Å². The average Bonchev–Trinajstić information content (AvgIpc) is 2.25. The first kappa shape index (κ1) is 12.9. The lowest BCUT2D eigenvalue weighted by atomic mass is 9.98. The molecule has 0 amide bonds. The second kappa shape index (κ2) is 6.46. The summed E-state index contributed by atoms with van der Waals surface area (Å²) in [6, 6.07) is 1.33. The molecule has 1 rings (SSSR count). The van der Waals surface area contributed by atoms with Gasteiger partial charge < -0.3 is 10.1 Å². The van der Waals surface area contributed by atoms with E-state index in [-0.39, 0.29) is 0 Å². The standard InChI is InChI=1S/C12H26N2O/c1-5-11-8-13-12(10(2)3)9-14(11)6-7-15-4/h10-13H,5-9H2,1-4H3. The Labute approximate surface area is 94.2 Å². The van der Waals surface area contributed by atoms with Crippen LogP contribution in [0.3, 0.4) is 0 Å². The number of rotatable bonds is 5. The summed E-state index contributed by atoms with van der Waals surface area (Å²) >= 11 is 0. The first-order chi connectivity index (χ1) is 7.19. The lowest BCUT2D eigenvalue weighted by molar-refractivity contribution is 0.0752. The predicted octanol–water partition coefficient (Wildman–Crippen LogP) is 1.34. The van der Waals surface area contributed by atoms with Gasteiger partial charge in [0.25, 0.3) is 0 Å². The SMILES string of the molecule is CCC1CNC(C(C)C)CN1CCOC. The molecule has 0 aromatic heterocycles. The molecule has 1 heterocycles. The highest BCUT2D eigenvalue weighted by Crippen LogP contribution is 2.14. The second-order valence-electron chi connectivity index (χ2n) is 4.81. The van der Waals surface area contributed by atoms with Gasteiger partial charge in [0.15, 0.2) is 0 Å². The Morgan fingerprint density at radius 3 is 2.73 bits per heavy atom. The van der Waals surface area contributed by atoms with Crippen LogP contribution in [0.2, 0.25) is 0 Å². The number of hydrogen-bond donors (Lipinski definition) is 1. The van der Waals surface area contributed by atoms with Crippen LogP contribution < -0.4 is 5.32 Å². The third kappa shape index (κ3) is 3.74. The molecule has 3 heteroatoms. The largest absolute Gasteiger partial charge is 0.383 e. The topological polar surface area (TPSA) is 24.5 Å². The lowest BCUT2D eigenvalue weighted by Crippen LogP contribution is -2.58. The van der Waals surface area contributed by atoms with Crippen molar-refractivity contribution in [2.45, 2.75) is 39.3 Å². The molecule has 0 radical (unpaired) electrons. The minimum Gasteiger partial charge on any atom is -0.383 e. The van der Waals surface area contributed by atoms with Gasteiger partial charge in [-0.15, -0.1) is 0 Å². The van der Waals surface area contributed by atoms with Crippen LogP contribution in [0.4, 0.5) is 0 Å². The van der Waals surface area contributed by atoms with Crippen LogP contribution in [-0.2, 0) is 4.74 Å². The van der Waals surface area contributed by atoms with Crippen molar-refractivity contribution in [3.05, 3.63) is 0 Å². The molecule has 2 atom stereocenters. The summed E-state index contributed by atoms with van der Waals surface area (Å²) in [4.78, 5) is 2.57. The van der Waals surface area contributed by atoms with Crippen LogP contribution in [-0.4, -0.2) is 50.3 Å². The van der Waals surface area contributed by atoms with Crippen molar-refractivity contribution in [2.75, 3.05) is 33.4 Å². The molecule has 15 heavy (non-hydrogen) atoms. The van der Waals surface area contributed by atoms with Crippen LogP contribution in [0.15, 0.2) is 0 Å². The first-order valence-electron chi connectivity index (χ1n) is 6.15. The molecule has 1 aliphatic rings. The van der Waals surface area contributed by atoms with E-state index in [9.17, 15) is 0 Å². The van der Waals surface area contributed by atoms with Crippen molar-refractivity contribution >= 4 is 0 Å². The van der Waals surface area contributed by atoms with E-state index in [0.29, 0.717) is 18.0 Å². The molecule has 0 aliphatic carbocycles. The molecule has 0 aromatic rings. The van der Waals surface area contributed by atoms with E-state index in [1.54, 1.807) is 7.11 Å². The van der Waals surface area contributed by atoms with E-state index in [1.807, 2.05) is 0 Å². The fraction of sp³-hybridized carbons (Fsp3) is 1.00. The highest BCUT2D eigenvalue weighted by atomic mass is 16.5. The Morgan fingerprint density at radius 2 is 2.20 bits per heavy atom. The summed E-state index contributed by atoms with van der Waals surface area (Å²) in [5, 5.41) is 3.64. The summed E-state index contributed by atoms with van der Waals surface area (Å²) < 4.78 is 5.17. The Balaban J connectivity index is 2.45. The highest BCUT2D eigenvalue weighted by Gasteiger charge is 2.27. The van der Waals surface area contributed by atoms with Crippen molar-refractivity contribution in [1.82, 2.24) is 10.2 Å². The van der Waals surface area contributed by atoms with Gasteiger partial charge in [0.1, 0.15) is 0 Å². The quantitative estimate of drug-likeness (QED) is 0.747. The Bertz CT molecular complexity index is 173. The Kier molecular flexibility index (Phi) is 5.58. The van der Waals surface area contributed by atoms with Crippen molar-refractivity contribution < 1.29 is 4.74 Å². The van der Waals surface area contributed by atoms with Crippen molar-refractivity contribution in [3.63, 3.8) is 0 Å². The normalized spacial score (nSPS) is 28.6. The predicted molar refractivity (Wildman–Crippen MR) is 64.2 cm³/mol. The van der Waals surface area contributed by atoms with E-state index in [0.717, 1.165) is 19.7 Å². The molecule has 0 bridgehead atoms. The maximum atomic E-state index is 5.17. The maximum absolute atomic E-state index is 5.17. The zero-order valence-corrected chi connectivity index (χ0v) is 10.6. The summed E-state index contributed by atoms with van der Waals surface area (Å²) in [6.07, 6.45) is 1.22. The molecule has 90 valence electrons. The van der Waals surface area contributed by atoms with Gasteiger partial charge in [-0.05, 0) is 12.3 Å². The lowest BCUT2D eigenvalue weighted by Gasteiger charge is -2.41. The number of nitrogens with one attached hydrogen (secondary N) is 1. The minimum atomic E-state index is 0.643. The molecule has 1 fully saturated rings. The van der Waals surface area contributed by atoms with Gasteiger partial charge in [-0.3, -0.25) is 4.90 Å². The maximum Gasteiger partial charge on any atom is 0.0589 e. The summed E-state index contributed by atoms with van der Waals surface area (Å²) in [5.74, 6) is 0.716. The molecule has 3 nitrogen and oxygen atoms in total. The smallest absolute Gasteiger partial charge is 0.0589 e. The molecule has 0 saturated carbocycles. The van der Waals surface area contributed by atoms with Gasteiger partial charge in [0.2, 0.25) is 0 Å². The summed E-state index contributed by atoms with van der Waals surface area (Å²) in [5.41, 5.74) is 0. The summed E-state index contributed by atoms with van der Waals surface area (Å²) in [6.45, 7) is 11.1. The van der Waals surface area contributed by atoms with E-state index in [4.69, 9.17) is 4.74 Å². The molecule has 0 aromatic carbocycles. The van der Waals surface area contributed by atoms with E-state index >= 15 is 0 Å². The zero-order chi connectivity index (χ0) is 11.3. The average molecular weight is 214 g/mol. The first-order valence-corrected chi connectivity index (χ1v) is 6.15. The monoisotopic (exact) mass is 214 g/mol. The van der Waals surface area contributed by atoms with Crippen LogP contribution in [0.1, 0.15) is 27.2 Å². The zero-order valence-electron chi connectivity index (χ0n) is 10.6. The fourth-order valence-electron chi connectivity index (χ4n) is 2.21. The fourth-order valence-corrected chi connectivity index (χ4v) is 2.21. The van der Waals surface area contributed by atoms with Crippen LogP contribution >= 0.6 is 0 Å². The number of methoxy groups -OCH3 is 1. The third-order valence-electron chi connectivity index (χ3n) is 3.42. The Hall–Kier alpha value is -0.120. The van der Waals surface area contributed by atoms with Crippen molar-refractivity contribution in [1.29, 1.82) is 0 Å². The van der Waals surface area contributed by atoms with Gasteiger partial charge in [0, 0.05) is 38.8 Å². The van der Waals surface area contributed by atoms with Crippen molar-refractivity contribution in [3.8, 4) is 0 Å². The highest BCUT2D eigenvalue weighted by molar-refractivity contribution is 4.86. The van der Waals surface area contributed by atoms with Crippen LogP contribution in [0.25, 0.3) is 0 Å². The number of piperazine rings is 1. The van der Waals surface area contributed by atoms with Crippen LogP contribution in [0.5, 0.6) is 0 Å². The van der Waals surface area contributed by atoms with Gasteiger partial charge in [-0.2, -0.15) is 0 Å². The third-order valence-corrected chi connectivity index (χ3v) is 3.42. The van der Waals surface area contributed by atoms with Gasteiger partial charge in [-0.1, -0.05) is 20.8 Å². The number of ether oxygens (including phenoxy) is 1.